The number of ketones is 2. The zero-order valence-electron chi connectivity index (χ0n) is 14.4. The second kappa shape index (κ2) is 6.62. The molecular formula is C17H21BrN4O4. The summed E-state index contributed by atoms with van der Waals surface area (Å²) < 4.78 is 2.25. The maximum atomic E-state index is 13.0. The fraction of sp³-hybridized carbons (Fsp3) is 0.529. The van der Waals surface area contributed by atoms with E-state index in [1.165, 1.54) is 0 Å². The van der Waals surface area contributed by atoms with Gasteiger partial charge < -0.3 is 20.7 Å². The average molecular weight is 425 g/mol. The molecule has 2 atom stereocenters. The van der Waals surface area contributed by atoms with Gasteiger partial charge in [-0.3, -0.25) is 14.4 Å². The summed E-state index contributed by atoms with van der Waals surface area (Å²) in [5.74, 6) is -1.31. The number of hydrogen-bond acceptors (Lipinski definition) is 6. The van der Waals surface area contributed by atoms with Gasteiger partial charge in [-0.1, -0.05) is 6.42 Å². The van der Waals surface area contributed by atoms with Gasteiger partial charge in [0.05, 0.1) is 11.1 Å². The van der Waals surface area contributed by atoms with Crippen LogP contribution >= 0.6 is 15.9 Å². The molecule has 8 nitrogen and oxygen atoms in total. The van der Waals surface area contributed by atoms with Crippen molar-refractivity contribution in [3.05, 3.63) is 22.3 Å². The molecule has 1 aromatic rings. The van der Waals surface area contributed by atoms with Gasteiger partial charge in [0, 0.05) is 25.2 Å². The Morgan fingerprint density at radius 3 is 2.85 bits per heavy atom. The summed E-state index contributed by atoms with van der Waals surface area (Å²) in [6.45, 7) is 1.78. The first kappa shape index (κ1) is 18.8. The fourth-order valence-electron chi connectivity index (χ4n) is 3.87. The molecule has 4 N–H and O–H groups in total. The molecule has 2 unspecified atom stereocenters. The van der Waals surface area contributed by atoms with Gasteiger partial charge in [-0.05, 0) is 35.7 Å². The SMILES string of the molecule is CC1(N)NC=Cn2c(C3(CC(=O)CC(=O)O)CCCCC3=O)nc(Br)c21. The second-order valence-electron chi connectivity index (χ2n) is 7.11. The highest BCUT2D eigenvalue weighted by molar-refractivity contribution is 9.10. The number of carbonyl (C=O) groups is 3. The minimum absolute atomic E-state index is 0.0755. The summed E-state index contributed by atoms with van der Waals surface area (Å²) in [6.07, 6.45) is 4.97. The quantitative estimate of drug-likeness (QED) is 0.612. The molecule has 0 saturated heterocycles. The van der Waals surface area contributed by atoms with Gasteiger partial charge in [0.2, 0.25) is 0 Å². The molecular weight excluding hydrogens is 404 g/mol. The highest BCUT2D eigenvalue weighted by atomic mass is 79.9. The Kier molecular flexibility index (Phi) is 4.78. The lowest BCUT2D eigenvalue weighted by Crippen LogP contribution is -2.49. The van der Waals surface area contributed by atoms with E-state index in [1.807, 2.05) is 0 Å². The molecule has 0 bridgehead atoms. The number of nitrogens with zero attached hydrogens (tertiary/aromatic N) is 2. The number of rotatable bonds is 5. The van der Waals surface area contributed by atoms with Crippen molar-refractivity contribution < 1.29 is 19.5 Å². The fourth-order valence-corrected chi connectivity index (χ4v) is 4.64. The summed E-state index contributed by atoms with van der Waals surface area (Å²) in [5.41, 5.74) is 4.92. The number of imidazole rings is 1. The third kappa shape index (κ3) is 3.09. The van der Waals surface area contributed by atoms with Gasteiger partial charge in [-0.25, -0.2) is 4.98 Å². The number of aromatic nitrogens is 2. The predicted octanol–water partition coefficient (Wildman–Crippen LogP) is 1.62. The number of aliphatic carboxylic acids is 1. The molecule has 1 fully saturated rings. The highest BCUT2D eigenvalue weighted by Gasteiger charge is 2.48. The third-order valence-corrected chi connectivity index (χ3v) is 5.59. The molecule has 1 saturated carbocycles. The number of hydrogen-bond donors (Lipinski definition) is 3. The Balaban J connectivity index is 2.13. The zero-order chi connectivity index (χ0) is 19.1. The lowest BCUT2D eigenvalue weighted by molar-refractivity contribution is -0.142. The predicted molar refractivity (Wildman–Crippen MR) is 97.0 cm³/mol. The van der Waals surface area contributed by atoms with E-state index in [1.54, 1.807) is 23.9 Å². The van der Waals surface area contributed by atoms with E-state index in [4.69, 9.17) is 10.8 Å². The van der Waals surface area contributed by atoms with Gasteiger partial charge in [0.1, 0.15) is 34.1 Å². The van der Waals surface area contributed by atoms with Crippen molar-refractivity contribution in [1.29, 1.82) is 0 Å². The van der Waals surface area contributed by atoms with Crippen LogP contribution in [0.5, 0.6) is 0 Å². The molecule has 2 heterocycles. The Bertz CT molecular complexity index is 814. The van der Waals surface area contributed by atoms with Crippen LogP contribution in [-0.2, 0) is 25.5 Å². The number of Topliss-reactive ketones (excluding diaryl/α,β-unsaturated/α-hetero) is 2. The number of carboxylic acids is 1. The molecule has 26 heavy (non-hydrogen) atoms. The van der Waals surface area contributed by atoms with Crippen LogP contribution in [0.4, 0.5) is 0 Å². The molecule has 3 rings (SSSR count). The van der Waals surface area contributed by atoms with E-state index in [0.717, 1.165) is 12.8 Å². The summed E-state index contributed by atoms with van der Waals surface area (Å²) in [6, 6.07) is 0. The molecule has 0 aromatic carbocycles. The van der Waals surface area contributed by atoms with Crippen molar-refractivity contribution >= 4 is 39.7 Å². The van der Waals surface area contributed by atoms with Gasteiger partial charge in [-0.2, -0.15) is 0 Å². The summed E-state index contributed by atoms with van der Waals surface area (Å²) in [4.78, 5) is 40.7. The third-order valence-electron chi connectivity index (χ3n) is 5.03. The van der Waals surface area contributed by atoms with E-state index in [2.05, 4.69) is 26.2 Å². The van der Waals surface area contributed by atoms with Crippen LogP contribution in [-0.4, -0.2) is 32.2 Å². The lowest BCUT2D eigenvalue weighted by Gasteiger charge is -2.36. The van der Waals surface area contributed by atoms with E-state index in [0.29, 0.717) is 29.0 Å². The minimum Gasteiger partial charge on any atom is -0.481 e. The number of nitrogens with two attached hydrogens (primary N) is 1. The van der Waals surface area contributed by atoms with Crippen LogP contribution < -0.4 is 11.1 Å². The number of carbonyl (C=O) groups excluding carboxylic acids is 2. The van der Waals surface area contributed by atoms with E-state index in [-0.39, 0.29) is 12.2 Å². The first-order valence-electron chi connectivity index (χ1n) is 8.46. The summed E-state index contributed by atoms with van der Waals surface area (Å²) in [5, 5.41) is 12.0. The number of halogens is 1. The van der Waals surface area contributed by atoms with E-state index < -0.39 is 29.3 Å². The topological polar surface area (TPSA) is 127 Å². The molecule has 140 valence electrons. The standard InChI is InChI=1S/C17H21BrN4O4/c1-16(19)13-14(18)21-15(22(13)7-6-20-16)17(5-3-2-4-11(17)24)9-10(23)8-12(25)26/h6-7,20H,2-5,8-9,19H2,1H3,(H,25,26). The number of nitrogens with one attached hydrogen (secondary N) is 1. The summed E-state index contributed by atoms with van der Waals surface area (Å²) in [7, 11) is 0. The number of fused-ring (bicyclic) bond motifs is 1. The lowest BCUT2D eigenvalue weighted by atomic mass is 9.69. The molecule has 2 aliphatic rings. The normalized spacial score (nSPS) is 27.7. The molecule has 1 aliphatic carbocycles. The molecule has 9 heteroatoms. The van der Waals surface area contributed by atoms with Crippen LogP contribution in [0.2, 0.25) is 0 Å². The van der Waals surface area contributed by atoms with Crippen LogP contribution in [0.15, 0.2) is 10.8 Å². The van der Waals surface area contributed by atoms with Gasteiger partial charge >= 0.3 is 5.97 Å². The van der Waals surface area contributed by atoms with E-state index >= 15 is 0 Å². The van der Waals surface area contributed by atoms with Crippen molar-refractivity contribution in [3.8, 4) is 0 Å². The van der Waals surface area contributed by atoms with Crippen molar-refractivity contribution in [2.24, 2.45) is 5.73 Å². The largest absolute Gasteiger partial charge is 0.481 e. The van der Waals surface area contributed by atoms with Crippen LogP contribution in [0.1, 0.15) is 57.0 Å². The Morgan fingerprint density at radius 2 is 2.19 bits per heavy atom. The molecule has 0 radical (unpaired) electrons. The highest BCUT2D eigenvalue weighted by Crippen LogP contribution is 2.43. The Morgan fingerprint density at radius 1 is 1.46 bits per heavy atom. The van der Waals surface area contributed by atoms with Crippen molar-refractivity contribution in [2.45, 2.75) is 56.5 Å². The zero-order valence-corrected chi connectivity index (χ0v) is 16.0. The van der Waals surface area contributed by atoms with Gasteiger partial charge in [0.15, 0.2) is 0 Å². The monoisotopic (exact) mass is 424 g/mol. The van der Waals surface area contributed by atoms with Crippen LogP contribution in [0.25, 0.3) is 6.20 Å². The first-order chi connectivity index (χ1) is 12.2. The van der Waals surface area contributed by atoms with Crippen molar-refractivity contribution in [3.63, 3.8) is 0 Å². The maximum absolute atomic E-state index is 13.0. The second-order valence-corrected chi connectivity index (χ2v) is 7.86. The van der Waals surface area contributed by atoms with Crippen molar-refractivity contribution in [1.82, 2.24) is 14.9 Å². The molecule has 0 amide bonds. The van der Waals surface area contributed by atoms with Crippen LogP contribution in [0, 0.1) is 0 Å². The Labute approximate surface area is 159 Å². The minimum atomic E-state index is -1.20. The molecule has 1 aliphatic heterocycles. The first-order valence-corrected chi connectivity index (χ1v) is 9.25. The smallest absolute Gasteiger partial charge is 0.310 e. The average Bonchev–Trinajstić information content (AvgIpc) is 2.87. The molecule has 0 spiro atoms. The van der Waals surface area contributed by atoms with E-state index in [9.17, 15) is 14.4 Å². The summed E-state index contributed by atoms with van der Waals surface area (Å²) >= 11 is 3.42. The van der Waals surface area contributed by atoms with Crippen LogP contribution in [0.3, 0.4) is 0 Å². The van der Waals surface area contributed by atoms with Gasteiger partial charge in [0.25, 0.3) is 0 Å². The van der Waals surface area contributed by atoms with Crippen molar-refractivity contribution in [2.75, 3.05) is 0 Å². The Hall–Kier alpha value is -2.00. The molecule has 1 aromatic heterocycles. The number of carboxylic acid groups (broad SMARTS) is 1. The van der Waals surface area contributed by atoms with Gasteiger partial charge in [-0.15, -0.1) is 0 Å². The maximum Gasteiger partial charge on any atom is 0.310 e.